The Bertz CT molecular complexity index is 659. The van der Waals surface area contributed by atoms with Crippen molar-refractivity contribution >= 4 is 40.8 Å². The minimum atomic E-state index is 0.512. The third kappa shape index (κ3) is 3.82. The van der Waals surface area contributed by atoms with Crippen molar-refractivity contribution < 1.29 is 0 Å². The lowest BCUT2D eigenvalue weighted by atomic mass is 10.4. The van der Waals surface area contributed by atoms with Crippen LogP contribution in [0, 0.1) is 0 Å². The highest BCUT2D eigenvalue weighted by Crippen LogP contribution is 2.40. The Morgan fingerprint density at radius 1 is 1.24 bits per heavy atom. The van der Waals surface area contributed by atoms with Crippen molar-refractivity contribution in [2.45, 2.75) is 35.6 Å². The number of hydrogen-bond acceptors (Lipinski definition) is 4. The van der Waals surface area contributed by atoms with Crippen molar-refractivity contribution in [2.75, 3.05) is 11.9 Å². The molecule has 0 spiro atoms. The zero-order valence-electron chi connectivity index (χ0n) is 11.6. The topological polar surface area (TPSA) is 37.8 Å². The van der Waals surface area contributed by atoms with Crippen molar-refractivity contribution in [1.82, 2.24) is 9.97 Å². The van der Waals surface area contributed by atoms with Crippen LogP contribution in [0.1, 0.15) is 31.5 Å². The Balaban J connectivity index is 1.91. The van der Waals surface area contributed by atoms with Crippen LogP contribution in [0.15, 0.2) is 34.2 Å². The maximum Gasteiger partial charge on any atom is 0.135 e. The van der Waals surface area contributed by atoms with Crippen molar-refractivity contribution in [3.63, 3.8) is 0 Å². The van der Waals surface area contributed by atoms with Gasteiger partial charge in [0.1, 0.15) is 16.7 Å². The average molecular weight is 340 g/mol. The molecular weight excluding hydrogens is 325 g/mol. The summed E-state index contributed by atoms with van der Waals surface area (Å²) in [5.41, 5.74) is 0. The lowest BCUT2D eigenvalue weighted by Crippen LogP contribution is -2.03. The van der Waals surface area contributed by atoms with Gasteiger partial charge in [-0.05, 0) is 38.0 Å². The summed E-state index contributed by atoms with van der Waals surface area (Å²) in [7, 11) is 0. The van der Waals surface area contributed by atoms with Gasteiger partial charge in [-0.3, -0.25) is 0 Å². The number of nitrogens with one attached hydrogen (secondary N) is 1. The summed E-state index contributed by atoms with van der Waals surface area (Å²) in [6.07, 6.45) is 2.36. The van der Waals surface area contributed by atoms with E-state index in [4.69, 9.17) is 23.2 Å². The van der Waals surface area contributed by atoms with E-state index in [1.807, 2.05) is 12.1 Å². The van der Waals surface area contributed by atoms with E-state index >= 15 is 0 Å². The predicted octanol–water partition coefficient (Wildman–Crippen LogP) is 5.24. The Morgan fingerprint density at radius 2 is 2.05 bits per heavy atom. The van der Waals surface area contributed by atoms with E-state index in [-0.39, 0.29) is 0 Å². The van der Waals surface area contributed by atoms with E-state index < -0.39 is 0 Å². The highest BCUT2D eigenvalue weighted by molar-refractivity contribution is 7.99. The molecule has 0 saturated heterocycles. The van der Waals surface area contributed by atoms with Crippen LogP contribution in [0.4, 0.5) is 5.82 Å². The minimum Gasteiger partial charge on any atom is -0.370 e. The summed E-state index contributed by atoms with van der Waals surface area (Å²) >= 11 is 13.8. The van der Waals surface area contributed by atoms with Crippen LogP contribution in [-0.4, -0.2) is 16.5 Å². The largest absolute Gasteiger partial charge is 0.370 e. The van der Waals surface area contributed by atoms with Crippen LogP contribution in [-0.2, 0) is 0 Å². The van der Waals surface area contributed by atoms with Gasteiger partial charge in [-0.1, -0.05) is 35.0 Å². The molecule has 1 fully saturated rings. The summed E-state index contributed by atoms with van der Waals surface area (Å²) in [4.78, 5) is 10.1. The first-order valence-electron chi connectivity index (χ1n) is 6.91. The summed E-state index contributed by atoms with van der Waals surface area (Å²) in [6.45, 7) is 2.89. The van der Waals surface area contributed by atoms with Crippen molar-refractivity contribution in [1.29, 1.82) is 0 Å². The fourth-order valence-electron chi connectivity index (χ4n) is 1.96. The second kappa shape index (κ2) is 6.42. The molecule has 0 radical (unpaired) electrons. The second-order valence-electron chi connectivity index (χ2n) is 4.93. The fraction of sp³-hybridized carbons (Fsp3) is 0.333. The fourth-order valence-corrected chi connectivity index (χ4v) is 3.32. The zero-order chi connectivity index (χ0) is 14.8. The summed E-state index contributed by atoms with van der Waals surface area (Å²) in [5.74, 6) is 2.31. The zero-order valence-corrected chi connectivity index (χ0v) is 13.9. The lowest BCUT2D eigenvalue weighted by molar-refractivity contribution is 0.877. The van der Waals surface area contributed by atoms with Gasteiger partial charge in [-0.25, -0.2) is 9.97 Å². The molecule has 1 heterocycles. The molecule has 1 N–H and O–H groups in total. The Morgan fingerprint density at radius 3 is 2.76 bits per heavy atom. The predicted molar refractivity (Wildman–Crippen MR) is 88.8 cm³/mol. The number of halogens is 2. The van der Waals surface area contributed by atoms with Crippen molar-refractivity contribution in [3.8, 4) is 0 Å². The number of nitrogens with zero attached hydrogens (tertiary/aromatic N) is 2. The molecular formula is C15H15Cl2N3S. The molecule has 0 atom stereocenters. The molecule has 0 unspecified atom stereocenters. The third-order valence-electron chi connectivity index (χ3n) is 3.13. The first-order valence-corrected chi connectivity index (χ1v) is 8.48. The quantitative estimate of drug-likeness (QED) is 0.755. The number of anilines is 1. The summed E-state index contributed by atoms with van der Waals surface area (Å²) in [6, 6.07) is 7.41. The standard InChI is InChI=1S/C15H15Cl2N3S/c1-2-18-13-8-14(20-15(19-13)9-3-4-9)21-12-7-10(16)5-6-11(12)17/h5-9H,2-4H2,1H3,(H,18,19,20). The van der Waals surface area contributed by atoms with E-state index in [2.05, 4.69) is 22.2 Å². The molecule has 1 saturated carbocycles. The summed E-state index contributed by atoms with van der Waals surface area (Å²) < 4.78 is 0. The molecule has 0 amide bonds. The van der Waals surface area contributed by atoms with Gasteiger partial charge in [0, 0.05) is 28.4 Å². The molecule has 2 aromatic rings. The van der Waals surface area contributed by atoms with Gasteiger partial charge >= 0.3 is 0 Å². The van der Waals surface area contributed by atoms with E-state index in [1.165, 1.54) is 24.6 Å². The maximum absolute atomic E-state index is 6.22. The molecule has 6 heteroatoms. The number of hydrogen-bond donors (Lipinski definition) is 1. The van der Waals surface area contributed by atoms with Crippen LogP contribution in [0.2, 0.25) is 10.0 Å². The minimum absolute atomic E-state index is 0.512. The van der Waals surface area contributed by atoms with Crippen LogP contribution in [0.25, 0.3) is 0 Å². The van der Waals surface area contributed by atoms with Gasteiger partial charge in [0.25, 0.3) is 0 Å². The normalized spacial score (nSPS) is 14.2. The molecule has 21 heavy (non-hydrogen) atoms. The van der Waals surface area contributed by atoms with E-state index in [0.717, 1.165) is 28.1 Å². The molecule has 3 rings (SSSR count). The first kappa shape index (κ1) is 14.9. The second-order valence-corrected chi connectivity index (χ2v) is 6.84. The van der Waals surface area contributed by atoms with E-state index in [9.17, 15) is 0 Å². The van der Waals surface area contributed by atoms with Gasteiger partial charge in [0.15, 0.2) is 0 Å². The molecule has 1 aliphatic rings. The van der Waals surface area contributed by atoms with Crippen molar-refractivity contribution in [2.24, 2.45) is 0 Å². The van der Waals surface area contributed by atoms with Gasteiger partial charge < -0.3 is 5.32 Å². The Hall–Kier alpha value is -0.970. The van der Waals surface area contributed by atoms with Gasteiger partial charge in [-0.2, -0.15) is 0 Å². The monoisotopic (exact) mass is 339 g/mol. The van der Waals surface area contributed by atoms with E-state index in [1.54, 1.807) is 12.1 Å². The molecule has 1 aromatic carbocycles. The van der Waals surface area contributed by atoms with E-state index in [0.29, 0.717) is 16.0 Å². The molecule has 3 nitrogen and oxygen atoms in total. The molecule has 1 aliphatic carbocycles. The van der Waals surface area contributed by atoms with Crippen LogP contribution in [0.3, 0.4) is 0 Å². The molecule has 110 valence electrons. The van der Waals surface area contributed by atoms with Crippen LogP contribution < -0.4 is 5.32 Å². The Labute approximate surface area is 138 Å². The third-order valence-corrected chi connectivity index (χ3v) is 4.78. The smallest absolute Gasteiger partial charge is 0.135 e. The van der Waals surface area contributed by atoms with Gasteiger partial charge in [0.2, 0.25) is 0 Å². The lowest BCUT2D eigenvalue weighted by Gasteiger charge is -2.09. The Kier molecular flexibility index (Phi) is 4.57. The SMILES string of the molecule is CCNc1cc(Sc2cc(Cl)ccc2Cl)nc(C2CC2)n1. The molecule has 0 bridgehead atoms. The molecule has 0 aliphatic heterocycles. The summed E-state index contributed by atoms with van der Waals surface area (Å²) in [5, 5.41) is 5.51. The first-order chi connectivity index (χ1) is 10.2. The number of aromatic nitrogens is 2. The maximum atomic E-state index is 6.22. The molecule has 1 aromatic heterocycles. The number of benzene rings is 1. The average Bonchev–Trinajstić information content (AvgIpc) is 3.28. The number of rotatable bonds is 5. The highest BCUT2D eigenvalue weighted by Gasteiger charge is 2.27. The van der Waals surface area contributed by atoms with Crippen molar-refractivity contribution in [3.05, 3.63) is 40.1 Å². The highest BCUT2D eigenvalue weighted by atomic mass is 35.5. The van der Waals surface area contributed by atoms with Crippen LogP contribution >= 0.6 is 35.0 Å². The van der Waals surface area contributed by atoms with Gasteiger partial charge in [-0.15, -0.1) is 0 Å². The van der Waals surface area contributed by atoms with Gasteiger partial charge in [0.05, 0.1) is 5.02 Å². The van der Waals surface area contributed by atoms with Crippen LogP contribution in [0.5, 0.6) is 0 Å².